The lowest BCUT2D eigenvalue weighted by Crippen LogP contribution is -2.55. The average Bonchev–Trinajstić information content (AvgIpc) is 2.50. The average molecular weight is 337 g/mol. The number of carbonyl (C=O) groups excluding carboxylic acids is 1. The summed E-state index contributed by atoms with van der Waals surface area (Å²) in [6.45, 7) is 1.77. The normalized spacial score (nSPS) is 31.3. The number of nitrogens with one attached hydrogen (secondary N) is 1. The number of halogens is 1. The maximum atomic E-state index is 12.5. The van der Waals surface area contributed by atoms with Crippen molar-refractivity contribution in [2.45, 2.75) is 57.2 Å². The molecular formula is C18H25ClN2O2. The molecule has 126 valence electrons. The fraction of sp³-hybridized carbons (Fsp3) is 0.611. The van der Waals surface area contributed by atoms with Crippen molar-refractivity contribution < 1.29 is 9.53 Å². The van der Waals surface area contributed by atoms with Gasteiger partial charge in [-0.25, -0.2) is 0 Å². The first-order valence-electron chi connectivity index (χ1n) is 8.51. The Kier molecular flexibility index (Phi) is 5.12. The number of fused-ring (bicyclic) bond motifs is 2. The molecule has 3 rings (SSSR count). The first kappa shape index (κ1) is 16.6. The summed E-state index contributed by atoms with van der Waals surface area (Å²) < 4.78 is 5.72. The summed E-state index contributed by atoms with van der Waals surface area (Å²) in [5.41, 5.74) is 6.14. The number of hydrogen-bond acceptors (Lipinski definition) is 3. The van der Waals surface area contributed by atoms with Crippen molar-refractivity contribution in [1.29, 1.82) is 0 Å². The SMILES string of the molecule is CC(Oc1ccccc1Cl)C(=O)NC1C2CCCC1CC(N)C2. The summed E-state index contributed by atoms with van der Waals surface area (Å²) in [6.07, 6.45) is 5.04. The minimum absolute atomic E-state index is 0.0673. The van der Waals surface area contributed by atoms with Gasteiger partial charge >= 0.3 is 0 Å². The van der Waals surface area contributed by atoms with Gasteiger partial charge in [0.05, 0.1) is 5.02 Å². The lowest BCUT2D eigenvalue weighted by molar-refractivity contribution is -0.129. The fourth-order valence-corrected chi connectivity index (χ4v) is 4.27. The molecule has 1 amide bonds. The monoisotopic (exact) mass is 336 g/mol. The molecule has 3 unspecified atom stereocenters. The van der Waals surface area contributed by atoms with Crippen LogP contribution in [0, 0.1) is 11.8 Å². The zero-order chi connectivity index (χ0) is 16.4. The van der Waals surface area contributed by atoms with E-state index in [9.17, 15) is 4.79 Å². The Morgan fingerprint density at radius 1 is 1.30 bits per heavy atom. The molecule has 1 aromatic rings. The van der Waals surface area contributed by atoms with Crippen molar-refractivity contribution in [2.75, 3.05) is 0 Å². The number of nitrogens with two attached hydrogens (primary N) is 1. The minimum Gasteiger partial charge on any atom is -0.479 e. The number of ether oxygens (including phenoxy) is 1. The van der Waals surface area contributed by atoms with Gasteiger partial charge in [0.1, 0.15) is 5.75 Å². The molecule has 0 radical (unpaired) electrons. The van der Waals surface area contributed by atoms with Crippen LogP contribution in [0.2, 0.25) is 5.02 Å². The van der Waals surface area contributed by atoms with Gasteiger partial charge in [0.25, 0.3) is 5.91 Å². The summed E-state index contributed by atoms with van der Waals surface area (Å²) in [4.78, 5) is 12.5. The van der Waals surface area contributed by atoms with E-state index >= 15 is 0 Å². The van der Waals surface area contributed by atoms with Gasteiger partial charge in [0.15, 0.2) is 6.10 Å². The maximum absolute atomic E-state index is 12.5. The summed E-state index contributed by atoms with van der Waals surface area (Å²) in [7, 11) is 0. The van der Waals surface area contributed by atoms with Crippen molar-refractivity contribution in [3.63, 3.8) is 0 Å². The van der Waals surface area contributed by atoms with Gasteiger partial charge in [-0.05, 0) is 56.6 Å². The Labute approximate surface area is 142 Å². The standard InChI is InChI=1S/C18H25ClN2O2/c1-11(23-16-8-3-2-7-15(16)19)18(22)21-17-12-5-4-6-13(17)10-14(20)9-12/h2-3,7-8,11-14,17H,4-6,9-10,20H2,1H3,(H,21,22). The highest BCUT2D eigenvalue weighted by Gasteiger charge is 2.40. The van der Waals surface area contributed by atoms with Crippen molar-refractivity contribution in [3.05, 3.63) is 29.3 Å². The molecular weight excluding hydrogens is 312 g/mol. The highest BCUT2D eigenvalue weighted by molar-refractivity contribution is 6.32. The molecule has 3 atom stereocenters. The van der Waals surface area contributed by atoms with Gasteiger partial charge < -0.3 is 15.8 Å². The molecule has 0 saturated heterocycles. The van der Waals surface area contributed by atoms with E-state index < -0.39 is 6.10 Å². The summed E-state index contributed by atoms with van der Waals surface area (Å²) in [6, 6.07) is 7.75. The van der Waals surface area contributed by atoms with Crippen LogP contribution in [-0.2, 0) is 4.79 Å². The van der Waals surface area contributed by atoms with Gasteiger partial charge in [-0.15, -0.1) is 0 Å². The quantitative estimate of drug-likeness (QED) is 0.887. The molecule has 5 heteroatoms. The van der Waals surface area contributed by atoms with E-state index in [1.165, 1.54) is 6.42 Å². The highest BCUT2D eigenvalue weighted by atomic mass is 35.5. The molecule has 4 nitrogen and oxygen atoms in total. The largest absolute Gasteiger partial charge is 0.479 e. The summed E-state index contributed by atoms with van der Waals surface area (Å²) in [5.74, 6) is 1.49. The van der Waals surface area contributed by atoms with Crippen molar-refractivity contribution in [3.8, 4) is 5.75 Å². The molecule has 2 saturated carbocycles. The van der Waals surface area contributed by atoms with E-state index in [1.807, 2.05) is 12.1 Å². The maximum Gasteiger partial charge on any atom is 0.261 e. The number of rotatable bonds is 4. The van der Waals surface area contributed by atoms with E-state index in [0.29, 0.717) is 22.6 Å². The zero-order valence-electron chi connectivity index (χ0n) is 13.5. The molecule has 2 aliphatic carbocycles. The summed E-state index contributed by atoms with van der Waals surface area (Å²) >= 11 is 6.09. The second kappa shape index (κ2) is 7.10. The molecule has 0 heterocycles. The lowest BCUT2D eigenvalue weighted by atomic mass is 9.67. The molecule has 2 fully saturated rings. The summed E-state index contributed by atoms with van der Waals surface area (Å²) in [5, 5.41) is 3.74. The number of amides is 1. The molecule has 0 spiro atoms. The first-order valence-corrected chi connectivity index (χ1v) is 8.89. The van der Waals surface area contributed by atoms with Crippen molar-refractivity contribution in [1.82, 2.24) is 5.32 Å². The van der Waals surface area contributed by atoms with Crippen LogP contribution in [0.4, 0.5) is 0 Å². The molecule has 0 aliphatic heterocycles. The molecule has 23 heavy (non-hydrogen) atoms. The van der Waals surface area contributed by atoms with Crippen LogP contribution in [0.1, 0.15) is 39.0 Å². The lowest BCUT2D eigenvalue weighted by Gasteiger charge is -2.45. The van der Waals surface area contributed by atoms with Crippen LogP contribution < -0.4 is 15.8 Å². The van der Waals surface area contributed by atoms with Gasteiger partial charge in [-0.1, -0.05) is 30.2 Å². The number of hydrogen-bond donors (Lipinski definition) is 2. The van der Waals surface area contributed by atoms with E-state index in [1.54, 1.807) is 19.1 Å². The number of carbonyl (C=O) groups is 1. The Bertz CT molecular complexity index is 552. The van der Waals surface area contributed by atoms with Gasteiger partial charge in [0, 0.05) is 12.1 Å². The third-order valence-corrected chi connectivity index (χ3v) is 5.51. The second-order valence-electron chi connectivity index (χ2n) is 6.91. The molecule has 0 aromatic heterocycles. The second-order valence-corrected chi connectivity index (χ2v) is 7.31. The van der Waals surface area contributed by atoms with Gasteiger partial charge in [0.2, 0.25) is 0 Å². The Morgan fingerprint density at radius 2 is 1.96 bits per heavy atom. The van der Waals surface area contributed by atoms with E-state index in [0.717, 1.165) is 25.7 Å². The number of benzene rings is 1. The predicted molar refractivity (Wildman–Crippen MR) is 91.5 cm³/mol. The van der Waals surface area contributed by atoms with E-state index in [2.05, 4.69) is 5.32 Å². The smallest absolute Gasteiger partial charge is 0.261 e. The van der Waals surface area contributed by atoms with Crippen LogP contribution in [0.25, 0.3) is 0 Å². The fourth-order valence-electron chi connectivity index (χ4n) is 4.09. The Hall–Kier alpha value is -1.26. The zero-order valence-corrected chi connectivity index (χ0v) is 14.3. The van der Waals surface area contributed by atoms with Crippen LogP contribution >= 0.6 is 11.6 Å². The third-order valence-electron chi connectivity index (χ3n) is 5.20. The minimum atomic E-state index is -0.564. The van der Waals surface area contributed by atoms with Gasteiger partial charge in [-0.3, -0.25) is 4.79 Å². The Morgan fingerprint density at radius 3 is 2.61 bits per heavy atom. The highest BCUT2D eigenvalue weighted by Crippen LogP contribution is 2.39. The van der Waals surface area contributed by atoms with Crippen LogP contribution in [0.15, 0.2) is 24.3 Å². The van der Waals surface area contributed by atoms with Crippen LogP contribution in [0.5, 0.6) is 5.75 Å². The Balaban J connectivity index is 1.61. The molecule has 3 N–H and O–H groups in total. The van der Waals surface area contributed by atoms with Crippen molar-refractivity contribution >= 4 is 17.5 Å². The number of para-hydroxylation sites is 1. The van der Waals surface area contributed by atoms with Crippen LogP contribution in [-0.4, -0.2) is 24.1 Å². The molecule has 2 bridgehead atoms. The predicted octanol–water partition coefficient (Wildman–Crippen LogP) is 3.13. The van der Waals surface area contributed by atoms with E-state index in [4.69, 9.17) is 22.1 Å². The molecule has 2 aliphatic rings. The van der Waals surface area contributed by atoms with Gasteiger partial charge in [-0.2, -0.15) is 0 Å². The first-order chi connectivity index (χ1) is 11.0. The topological polar surface area (TPSA) is 64.3 Å². The molecule has 1 aromatic carbocycles. The third kappa shape index (κ3) is 3.81. The van der Waals surface area contributed by atoms with Crippen molar-refractivity contribution in [2.24, 2.45) is 17.6 Å². The van der Waals surface area contributed by atoms with E-state index in [-0.39, 0.29) is 18.0 Å². The van der Waals surface area contributed by atoms with Crippen LogP contribution in [0.3, 0.4) is 0 Å².